The number of fused-ring (bicyclic) bond motifs is 1. The van der Waals surface area contributed by atoms with Crippen LogP contribution in [0.2, 0.25) is 5.02 Å². The summed E-state index contributed by atoms with van der Waals surface area (Å²) in [5.74, 6) is -0.0253. The quantitative estimate of drug-likeness (QED) is 0.302. The molecule has 0 bridgehead atoms. The van der Waals surface area contributed by atoms with E-state index < -0.39 is 6.10 Å². The molecule has 1 aliphatic rings. The van der Waals surface area contributed by atoms with Crippen LogP contribution in [0.15, 0.2) is 89.6 Å². The summed E-state index contributed by atoms with van der Waals surface area (Å²) >= 11 is 6.13. The Labute approximate surface area is 210 Å². The number of hydrogen-bond acceptors (Lipinski definition) is 7. The third-order valence-electron chi connectivity index (χ3n) is 6.11. The fourth-order valence-electron chi connectivity index (χ4n) is 4.44. The number of carbonyl (C=O) groups excluding carboxylic acids is 1. The number of ether oxygens (including phenoxy) is 1. The van der Waals surface area contributed by atoms with Crippen LogP contribution in [0.4, 0.5) is 0 Å². The van der Waals surface area contributed by atoms with Crippen molar-refractivity contribution in [1.29, 1.82) is 0 Å². The molecule has 1 atom stereocenters. The summed E-state index contributed by atoms with van der Waals surface area (Å²) in [4.78, 5) is 13.7. The number of halogens is 1. The van der Waals surface area contributed by atoms with E-state index in [4.69, 9.17) is 20.9 Å². The summed E-state index contributed by atoms with van der Waals surface area (Å²) in [6, 6.07) is 23.8. The molecule has 3 aromatic carbocycles. The predicted molar refractivity (Wildman–Crippen MR) is 134 cm³/mol. The first-order chi connectivity index (χ1) is 17.6. The number of hydrogen-bond donors (Lipinski definition) is 1. The van der Waals surface area contributed by atoms with Crippen molar-refractivity contribution in [2.75, 3.05) is 0 Å². The molecule has 1 N–H and O–H groups in total. The molecule has 0 radical (unpaired) electrons. The van der Waals surface area contributed by atoms with Crippen molar-refractivity contribution in [3.05, 3.63) is 101 Å². The molecule has 36 heavy (non-hydrogen) atoms. The third kappa shape index (κ3) is 3.79. The topological polar surface area (TPSA) is 98.3 Å². The lowest BCUT2D eigenvalue weighted by atomic mass is 9.89. The van der Waals surface area contributed by atoms with E-state index in [2.05, 4.69) is 15.4 Å². The molecular weight excluding hydrogens is 478 g/mol. The fourth-order valence-corrected chi connectivity index (χ4v) is 4.61. The fraction of sp³-hybridized carbons (Fsp3) is 0.0714. The second-order valence-corrected chi connectivity index (χ2v) is 8.79. The van der Waals surface area contributed by atoms with E-state index in [1.807, 2.05) is 60.7 Å². The van der Waals surface area contributed by atoms with Gasteiger partial charge in [0.1, 0.15) is 29.5 Å². The van der Waals surface area contributed by atoms with Crippen molar-refractivity contribution in [2.45, 2.75) is 12.5 Å². The minimum absolute atomic E-state index is 0.0178. The summed E-state index contributed by atoms with van der Waals surface area (Å²) in [7, 11) is 0. The lowest BCUT2D eigenvalue weighted by Crippen LogP contribution is -2.23. The van der Waals surface area contributed by atoms with Gasteiger partial charge in [-0.2, -0.15) is 0 Å². The Balaban J connectivity index is 1.47. The van der Waals surface area contributed by atoms with Crippen LogP contribution in [0.25, 0.3) is 33.6 Å². The highest BCUT2D eigenvalue weighted by atomic mass is 35.5. The van der Waals surface area contributed by atoms with Crippen LogP contribution in [-0.4, -0.2) is 26.2 Å². The SMILES string of the molecule is O=C1CC(c2conc2-c2cc(Cl)ccc2O)Oc2nnc(-c3ccccc3)c(-c3ccccc3)c21. The molecule has 1 aliphatic heterocycles. The molecule has 2 aromatic heterocycles. The zero-order chi connectivity index (χ0) is 24.6. The summed E-state index contributed by atoms with van der Waals surface area (Å²) < 4.78 is 11.4. The minimum Gasteiger partial charge on any atom is -0.507 e. The van der Waals surface area contributed by atoms with Crippen molar-refractivity contribution in [3.8, 4) is 45.3 Å². The molecule has 6 rings (SSSR count). The molecule has 0 fully saturated rings. The number of benzene rings is 3. The monoisotopic (exact) mass is 495 g/mol. The predicted octanol–water partition coefficient (Wildman–Crippen LogP) is 6.53. The van der Waals surface area contributed by atoms with Crippen LogP contribution < -0.4 is 4.74 Å². The second-order valence-electron chi connectivity index (χ2n) is 8.35. The summed E-state index contributed by atoms with van der Waals surface area (Å²) in [6.45, 7) is 0. The van der Waals surface area contributed by atoms with Crippen molar-refractivity contribution in [2.24, 2.45) is 0 Å². The van der Waals surface area contributed by atoms with Gasteiger partial charge in [-0.15, -0.1) is 10.2 Å². The van der Waals surface area contributed by atoms with Crippen LogP contribution in [-0.2, 0) is 0 Å². The highest BCUT2D eigenvalue weighted by Crippen LogP contribution is 2.44. The smallest absolute Gasteiger partial charge is 0.245 e. The van der Waals surface area contributed by atoms with Gasteiger partial charge < -0.3 is 14.4 Å². The average molecular weight is 496 g/mol. The van der Waals surface area contributed by atoms with Gasteiger partial charge in [-0.25, -0.2) is 0 Å². The highest BCUT2D eigenvalue weighted by molar-refractivity contribution is 6.31. The van der Waals surface area contributed by atoms with Gasteiger partial charge in [-0.3, -0.25) is 4.79 Å². The van der Waals surface area contributed by atoms with Gasteiger partial charge in [0.25, 0.3) is 0 Å². The molecule has 176 valence electrons. The van der Waals surface area contributed by atoms with Crippen LogP contribution in [0.3, 0.4) is 0 Å². The number of nitrogens with zero attached hydrogens (tertiary/aromatic N) is 3. The largest absolute Gasteiger partial charge is 0.507 e. The maximum absolute atomic E-state index is 13.7. The molecule has 0 amide bonds. The van der Waals surface area contributed by atoms with Gasteiger partial charge in [0.05, 0.1) is 17.5 Å². The first-order valence-corrected chi connectivity index (χ1v) is 11.6. The number of phenolic OH excluding ortho intramolecular Hbond substituents is 1. The number of aromatic hydroxyl groups is 1. The van der Waals surface area contributed by atoms with Crippen molar-refractivity contribution in [3.63, 3.8) is 0 Å². The van der Waals surface area contributed by atoms with E-state index in [1.54, 1.807) is 12.1 Å². The number of rotatable bonds is 4. The molecule has 1 unspecified atom stereocenters. The standard InChI is InChI=1S/C28H18ClN3O4/c29-18-11-12-21(33)19(13-18)27-20(15-35-32-27)23-14-22(34)25-24(16-7-3-1-4-8-16)26(30-31-28(25)36-23)17-9-5-2-6-10-17/h1-13,15,23,33H,14H2. The van der Waals surface area contributed by atoms with Crippen LogP contribution >= 0.6 is 11.6 Å². The molecule has 0 aliphatic carbocycles. The zero-order valence-electron chi connectivity index (χ0n) is 18.8. The van der Waals surface area contributed by atoms with E-state index >= 15 is 0 Å². The Bertz CT molecular complexity index is 1590. The van der Waals surface area contributed by atoms with E-state index in [0.29, 0.717) is 38.7 Å². The van der Waals surface area contributed by atoms with Crippen molar-refractivity contribution in [1.82, 2.24) is 15.4 Å². The van der Waals surface area contributed by atoms with Gasteiger partial charge in [0.15, 0.2) is 5.78 Å². The molecule has 0 saturated heterocycles. The Morgan fingerprint density at radius 2 is 1.58 bits per heavy atom. The molecule has 3 heterocycles. The Morgan fingerprint density at radius 1 is 0.861 bits per heavy atom. The van der Waals surface area contributed by atoms with Gasteiger partial charge >= 0.3 is 0 Å². The zero-order valence-corrected chi connectivity index (χ0v) is 19.5. The Hall–Kier alpha value is -4.49. The lowest BCUT2D eigenvalue weighted by Gasteiger charge is -2.26. The summed E-state index contributed by atoms with van der Waals surface area (Å²) in [6.07, 6.45) is 0.704. The molecule has 0 saturated carbocycles. The van der Waals surface area contributed by atoms with Crippen LogP contribution in [0.1, 0.15) is 28.4 Å². The molecule has 5 aromatic rings. The minimum atomic E-state index is -0.731. The molecule has 0 spiro atoms. The van der Waals surface area contributed by atoms with Crippen LogP contribution in [0.5, 0.6) is 11.6 Å². The normalized spacial score (nSPS) is 14.8. The van der Waals surface area contributed by atoms with Crippen molar-refractivity contribution >= 4 is 17.4 Å². The number of Topliss-reactive ketones (excluding diaryl/α,β-unsaturated/α-hetero) is 1. The number of ketones is 1. The highest BCUT2D eigenvalue weighted by Gasteiger charge is 2.36. The third-order valence-corrected chi connectivity index (χ3v) is 6.35. The first-order valence-electron chi connectivity index (χ1n) is 11.2. The first kappa shape index (κ1) is 22.0. The van der Waals surface area contributed by atoms with E-state index in [0.717, 1.165) is 11.1 Å². The molecule has 7 nitrogen and oxygen atoms in total. The lowest BCUT2D eigenvalue weighted by molar-refractivity contribution is 0.0837. The second kappa shape index (κ2) is 8.94. The van der Waals surface area contributed by atoms with Gasteiger partial charge in [0, 0.05) is 21.7 Å². The van der Waals surface area contributed by atoms with Gasteiger partial charge in [-0.1, -0.05) is 77.4 Å². The Morgan fingerprint density at radius 3 is 2.33 bits per heavy atom. The van der Waals surface area contributed by atoms with E-state index in [-0.39, 0.29) is 23.8 Å². The van der Waals surface area contributed by atoms with Gasteiger partial charge in [0.2, 0.25) is 5.88 Å². The summed E-state index contributed by atoms with van der Waals surface area (Å²) in [5, 5.41) is 23.6. The van der Waals surface area contributed by atoms with Gasteiger partial charge in [-0.05, 0) is 23.8 Å². The van der Waals surface area contributed by atoms with E-state index in [1.165, 1.54) is 12.3 Å². The molecular formula is C28H18ClN3O4. The van der Waals surface area contributed by atoms with Crippen LogP contribution in [0, 0.1) is 0 Å². The maximum Gasteiger partial charge on any atom is 0.245 e. The Kier molecular flexibility index (Phi) is 5.47. The van der Waals surface area contributed by atoms with Crippen molar-refractivity contribution < 1.29 is 19.2 Å². The van der Waals surface area contributed by atoms with E-state index in [9.17, 15) is 9.90 Å². The maximum atomic E-state index is 13.7. The number of aromatic nitrogens is 3. The molecule has 8 heteroatoms. The summed E-state index contributed by atoms with van der Waals surface area (Å²) in [5.41, 5.74) is 4.57. The number of phenols is 1. The number of carbonyl (C=O) groups is 1. The average Bonchev–Trinajstić information content (AvgIpc) is 3.40.